The Hall–Kier alpha value is -4.97. The summed E-state index contributed by atoms with van der Waals surface area (Å²) in [4.78, 5) is 42.9. The summed E-state index contributed by atoms with van der Waals surface area (Å²) < 4.78 is 24.7. The second kappa shape index (κ2) is 12.3. The van der Waals surface area contributed by atoms with Gasteiger partial charge in [0.05, 0.1) is 46.6 Å². The predicted molar refractivity (Wildman–Crippen MR) is 165 cm³/mol. The van der Waals surface area contributed by atoms with Crippen molar-refractivity contribution in [3.63, 3.8) is 0 Å². The number of benzene rings is 2. The van der Waals surface area contributed by atoms with Crippen molar-refractivity contribution in [1.29, 1.82) is 0 Å². The van der Waals surface area contributed by atoms with E-state index in [1.165, 1.54) is 35.1 Å². The maximum Gasteiger partial charge on any atom is 0.338 e. The van der Waals surface area contributed by atoms with E-state index in [1.807, 2.05) is 13.8 Å². The molecular weight excluding hydrogens is 586 g/mol. The third-order valence-corrected chi connectivity index (χ3v) is 7.95. The van der Waals surface area contributed by atoms with E-state index in [9.17, 15) is 19.7 Å². The second-order valence-electron chi connectivity index (χ2n) is 10.3. The maximum atomic E-state index is 14.0. The lowest BCUT2D eigenvalue weighted by Crippen LogP contribution is -2.40. The van der Waals surface area contributed by atoms with Crippen LogP contribution >= 0.6 is 11.3 Å². The van der Waals surface area contributed by atoms with Gasteiger partial charge < -0.3 is 18.6 Å². The van der Waals surface area contributed by atoms with E-state index in [0.717, 1.165) is 0 Å². The molecule has 0 fully saturated rings. The van der Waals surface area contributed by atoms with Gasteiger partial charge in [-0.25, -0.2) is 9.79 Å². The normalized spacial score (nSPS) is 14.8. The lowest BCUT2D eigenvalue weighted by molar-refractivity contribution is -0.384. The molecule has 0 bridgehead atoms. The van der Waals surface area contributed by atoms with E-state index in [2.05, 4.69) is 4.99 Å². The van der Waals surface area contributed by atoms with Gasteiger partial charge >= 0.3 is 5.97 Å². The van der Waals surface area contributed by atoms with Crippen LogP contribution in [0, 0.1) is 17.0 Å². The van der Waals surface area contributed by atoms with Crippen LogP contribution in [-0.2, 0) is 9.53 Å². The quantitative estimate of drug-likeness (QED) is 0.144. The van der Waals surface area contributed by atoms with E-state index in [1.54, 1.807) is 63.2 Å². The number of carbonyl (C=O) groups excluding carboxylic acids is 1. The highest BCUT2D eigenvalue weighted by atomic mass is 32.1. The number of hydrogen-bond donors (Lipinski definition) is 0. The predicted octanol–water partition coefficient (Wildman–Crippen LogP) is 5.07. The van der Waals surface area contributed by atoms with E-state index in [0.29, 0.717) is 54.7 Å². The van der Waals surface area contributed by atoms with Gasteiger partial charge in [0, 0.05) is 23.8 Å². The van der Waals surface area contributed by atoms with Crippen molar-refractivity contribution in [3.05, 3.63) is 106 Å². The van der Waals surface area contributed by atoms with Crippen LogP contribution in [0.2, 0.25) is 0 Å². The van der Waals surface area contributed by atoms with E-state index in [-0.39, 0.29) is 29.5 Å². The molecule has 44 heavy (non-hydrogen) atoms. The molecule has 0 radical (unpaired) electrons. The highest BCUT2D eigenvalue weighted by molar-refractivity contribution is 7.07. The molecule has 5 rings (SSSR count). The Kier molecular flexibility index (Phi) is 8.54. The molecule has 3 heterocycles. The Morgan fingerprint density at radius 2 is 1.93 bits per heavy atom. The van der Waals surface area contributed by atoms with Crippen LogP contribution in [0.3, 0.4) is 0 Å². The average molecular weight is 618 g/mol. The zero-order chi connectivity index (χ0) is 31.7. The molecule has 0 saturated carbocycles. The lowest BCUT2D eigenvalue weighted by Gasteiger charge is -2.25. The number of nitrogens with zero attached hydrogens (tertiary/aromatic N) is 3. The standard InChI is InChI=1S/C32H31N3O8S/c1-7-41-31(37)28-19(5)33-32-34(29(28)20-8-12-25(42-17(2)3)26(15-20)40-6)30(36)27(44-32)16-22-10-13-24(43-22)23-11-9-21(35(38)39)14-18(23)4/h8-17,29H,7H2,1-6H3/b27-16+/t29-/m0/s1. The van der Waals surface area contributed by atoms with Crippen molar-refractivity contribution < 1.29 is 28.3 Å². The van der Waals surface area contributed by atoms with Gasteiger partial charge in [0.2, 0.25) is 0 Å². The molecule has 0 aliphatic carbocycles. The zero-order valence-electron chi connectivity index (χ0n) is 25.1. The summed E-state index contributed by atoms with van der Waals surface area (Å²) >= 11 is 1.17. The van der Waals surface area contributed by atoms with Gasteiger partial charge in [0.25, 0.3) is 11.2 Å². The first-order chi connectivity index (χ1) is 21.0. The number of thiazole rings is 1. The van der Waals surface area contributed by atoms with Crippen LogP contribution in [0.25, 0.3) is 17.4 Å². The Morgan fingerprint density at radius 3 is 2.59 bits per heavy atom. The summed E-state index contributed by atoms with van der Waals surface area (Å²) in [5, 5.41) is 11.1. The fraction of sp³-hybridized carbons (Fsp3) is 0.281. The van der Waals surface area contributed by atoms with Crippen LogP contribution in [0.1, 0.15) is 50.6 Å². The van der Waals surface area contributed by atoms with Gasteiger partial charge in [-0.15, -0.1) is 0 Å². The molecule has 2 aromatic heterocycles. The minimum Gasteiger partial charge on any atom is -0.493 e. The number of aromatic nitrogens is 1. The van der Waals surface area contributed by atoms with Crippen molar-refractivity contribution in [1.82, 2.24) is 4.57 Å². The number of nitro groups is 1. The van der Waals surface area contributed by atoms with Crippen LogP contribution in [-0.4, -0.2) is 35.3 Å². The summed E-state index contributed by atoms with van der Waals surface area (Å²) in [5.74, 6) is 1.35. The third kappa shape index (κ3) is 5.80. The van der Waals surface area contributed by atoms with E-state index >= 15 is 0 Å². The SMILES string of the molecule is CCOC(=O)C1=C(C)N=c2s/c(=C/c3ccc(-c4ccc([N+](=O)[O-])cc4C)o3)c(=O)n2[C@H]1c1ccc(OC(C)C)c(OC)c1. The smallest absolute Gasteiger partial charge is 0.338 e. The molecule has 0 spiro atoms. The molecule has 1 aliphatic heterocycles. The fourth-order valence-corrected chi connectivity index (χ4v) is 6.08. The van der Waals surface area contributed by atoms with Crippen molar-refractivity contribution >= 4 is 29.1 Å². The zero-order valence-corrected chi connectivity index (χ0v) is 25.9. The highest BCUT2D eigenvalue weighted by Crippen LogP contribution is 2.36. The molecule has 0 N–H and O–H groups in total. The molecule has 4 aromatic rings. The minimum atomic E-state index is -0.829. The van der Waals surface area contributed by atoms with Gasteiger partial charge in [-0.1, -0.05) is 17.4 Å². The summed E-state index contributed by atoms with van der Waals surface area (Å²) in [6.45, 7) is 9.18. The monoisotopic (exact) mass is 617 g/mol. The van der Waals surface area contributed by atoms with Gasteiger partial charge in [-0.05, 0) is 76.1 Å². The summed E-state index contributed by atoms with van der Waals surface area (Å²) in [7, 11) is 1.53. The van der Waals surface area contributed by atoms with Crippen LogP contribution in [0.5, 0.6) is 11.5 Å². The van der Waals surface area contributed by atoms with Crippen LogP contribution in [0.4, 0.5) is 5.69 Å². The molecule has 2 aromatic carbocycles. The van der Waals surface area contributed by atoms with E-state index < -0.39 is 16.9 Å². The third-order valence-electron chi connectivity index (χ3n) is 6.97. The molecule has 1 atom stereocenters. The van der Waals surface area contributed by atoms with Crippen molar-refractivity contribution in [3.8, 4) is 22.8 Å². The number of carbonyl (C=O) groups is 1. The van der Waals surface area contributed by atoms with Crippen LogP contribution in [0.15, 0.2) is 74.0 Å². The van der Waals surface area contributed by atoms with Gasteiger partial charge in [0.1, 0.15) is 11.5 Å². The van der Waals surface area contributed by atoms with Gasteiger partial charge in [-0.2, -0.15) is 0 Å². The number of fused-ring (bicyclic) bond motifs is 1. The molecular formula is C32H31N3O8S. The number of furan rings is 1. The van der Waals surface area contributed by atoms with Crippen molar-refractivity contribution in [2.45, 2.75) is 46.8 Å². The van der Waals surface area contributed by atoms with E-state index in [4.69, 9.17) is 18.6 Å². The second-order valence-corrected chi connectivity index (χ2v) is 11.3. The maximum absolute atomic E-state index is 14.0. The molecule has 1 aliphatic rings. The molecule has 12 heteroatoms. The molecule has 0 unspecified atom stereocenters. The van der Waals surface area contributed by atoms with Crippen molar-refractivity contribution in [2.75, 3.05) is 13.7 Å². The average Bonchev–Trinajstić information content (AvgIpc) is 3.56. The first kappa shape index (κ1) is 30.5. The first-order valence-electron chi connectivity index (χ1n) is 13.9. The van der Waals surface area contributed by atoms with Gasteiger partial charge in [-0.3, -0.25) is 19.5 Å². The summed E-state index contributed by atoms with van der Waals surface area (Å²) in [6.07, 6.45) is 1.53. The molecule has 228 valence electrons. The van der Waals surface area contributed by atoms with Gasteiger partial charge in [0.15, 0.2) is 16.3 Å². The Labute approximate surface area is 256 Å². The number of ether oxygens (including phenoxy) is 3. The highest BCUT2D eigenvalue weighted by Gasteiger charge is 2.34. The summed E-state index contributed by atoms with van der Waals surface area (Å²) in [6, 6.07) is 12.5. The molecule has 0 amide bonds. The Morgan fingerprint density at radius 1 is 1.16 bits per heavy atom. The number of aryl methyl sites for hydroxylation is 1. The van der Waals surface area contributed by atoms with Crippen LogP contribution < -0.4 is 24.4 Å². The first-order valence-corrected chi connectivity index (χ1v) is 14.7. The fourth-order valence-electron chi connectivity index (χ4n) is 5.05. The number of non-ortho nitro benzene ring substituents is 1. The van der Waals surface area contributed by atoms with Crippen molar-refractivity contribution in [2.24, 2.45) is 4.99 Å². The number of methoxy groups -OCH3 is 1. The minimum absolute atomic E-state index is 0.00844. The Bertz CT molecular complexity index is 1980. The topological polar surface area (TPSA) is 135 Å². The molecule has 11 nitrogen and oxygen atoms in total. The number of hydrogen-bond acceptors (Lipinski definition) is 10. The number of esters is 1. The lowest BCUT2D eigenvalue weighted by atomic mass is 9.95. The number of allylic oxidation sites excluding steroid dienone is 1. The largest absolute Gasteiger partial charge is 0.493 e. The Balaban J connectivity index is 1.62. The number of rotatable bonds is 9. The number of nitro benzene ring substituents is 1. The summed E-state index contributed by atoms with van der Waals surface area (Å²) in [5.41, 5.74) is 2.32. The molecule has 0 saturated heterocycles.